The Morgan fingerprint density at radius 3 is 2.26 bits per heavy atom. The highest BCUT2D eigenvalue weighted by Crippen LogP contribution is 2.26. The van der Waals surface area contributed by atoms with E-state index in [2.05, 4.69) is 14.7 Å². The molecule has 0 saturated carbocycles. The monoisotopic (exact) mass is 543 g/mol. The predicted molar refractivity (Wildman–Crippen MR) is 149 cm³/mol. The van der Waals surface area contributed by atoms with Gasteiger partial charge >= 0.3 is 6.09 Å². The largest absolute Gasteiger partial charge is 0.491 e. The van der Waals surface area contributed by atoms with Crippen molar-refractivity contribution >= 4 is 12.6 Å². The number of nitrogens with zero attached hydrogens (tertiary/aromatic N) is 3. The second-order valence-electron chi connectivity index (χ2n) is 11.7. The average Bonchev–Trinajstić information content (AvgIpc) is 2.86. The number of unbranched alkanes of at least 4 members (excludes halogenated alkanes) is 1. The van der Waals surface area contributed by atoms with E-state index in [1.165, 1.54) is 0 Å². The van der Waals surface area contributed by atoms with Crippen LogP contribution in [0.15, 0.2) is 36.5 Å². The summed E-state index contributed by atoms with van der Waals surface area (Å²) in [7, 11) is 0. The summed E-state index contributed by atoms with van der Waals surface area (Å²) in [6.07, 6.45) is 7.28. The van der Waals surface area contributed by atoms with Crippen LogP contribution in [-0.4, -0.2) is 56.8 Å². The lowest BCUT2D eigenvalue weighted by molar-refractivity contribution is -0.138. The number of aromatic hydroxyl groups is 1. The lowest BCUT2D eigenvalue weighted by Gasteiger charge is -2.33. The van der Waals surface area contributed by atoms with Crippen LogP contribution in [-0.2, 0) is 27.3 Å². The van der Waals surface area contributed by atoms with Gasteiger partial charge in [0.2, 0.25) is 0 Å². The van der Waals surface area contributed by atoms with Gasteiger partial charge in [-0.25, -0.2) is 9.78 Å². The third kappa shape index (κ3) is 13.3. The number of ether oxygens (including phenoxy) is 3. The number of aromatic nitrogens is 2. The Labute approximate surface area is 232 Å². The van der Waals surface area contributed by atoms with Gasteiger partial charge in [0.15, 0.2) is 5.75 Å². The molecule has 1 aliphatic heterocycles. The standard InChI is InChI=1S/C25H35N3O4.C5H10O2/c1-25(2,3)32-24(30)28-15-13-19(14-16-28)9-7-8-12-22-26-17-21(23(29)27-22)31-18-20-10-5-4-6-11-20;1-5(2,3)7-4-6/h4-6,10-11,17,19H,7-9,12-16,18H2,1-3H3,(H,26,27,29);4H,1-3H3. The molecule has 0 spiro atoms. The van der Waals surface area contributed by atoms with E-state index >= 15 is 0 Å². The maximum absolute atomic E-state index is 12.2. The number of carbonyl (C=O) groups excluding carboxylic acids is 2. The van der Waals surface area contributed by atoms with Crippen molar-refractivity contribution in [2.75, 3.05) is 13.1 Å². The van der Waals surface area contributed by atoms with Gasteiger partial charge in [-0.2, -0.15) is 4.98 Å². The maximum atomic E-state index is 12.2. The molecule has 1 aromatic heterocycles. The van der Waals surface area contributed by atoms with E-state index in [0.717, 1.165) is 57.2 Å². The average molecular weight is 544 g/mol. The third-order valence-corrected chi connectivity index (χ3v) is 5.95. The lowest BCUT2D eigenvalue weighted by atomic mass is 9.91. The predicted octanol–water partition coefficient (Wildman–Crippen LogP) is 6.08. The first kappa shape index (κ1) is 31.9. The van der Waals surface area contributed by atoms with Gasteiger partial charge in [-0.3, -0.25) is 4.79 Å². The topological polar surface area (TPSA) is 111 Å². The molecule has 1 saturated heterocycles. The highest BCUT2D eigenvalue weighted by molar-refractivity contribution is 5.68. The van der Waals surface area contributed by atoms with Crippen molar-refractivity contribution in [1.29, 1.82) is 0 Å². The smallest absolute Gasteiger partial charge is 0.410 e. The van der Waals surface area contributed by atoms with Crippen LogP contribution < -0.4 is 4.74 Å². The van der Waals surface area contributed by atoms with Crippen LogP contribution in [0.3, 0.4) is 0 Å². The SMILES string of the molecule is CC(C)(C)OC(=O)N1CCC(CCCCc2ncc(OCc3ccccc3)c(O)n2)CC1.CC(C)(C)OC=O. The van der Waals surface area contributed by atoms with Crippen LogP contribution in [0, 0.1) is 5.92 Å². The Bertz CT molecular complexity index is 1010. The van der Waals surface area contributed by atoms with Gasteiger partial charge < -0.3 is 24.2 Å². The summed E-state index contributed by atoms with van der Waals surface area (Å²) in [5.41, 5.74) is 0.256. The summed E-state index contributed by atoms with van der Waals surface area (Å²) < 4.78 is 15.6. The van der Waals surface area contributed by atoms with E-state index in [1.54, 1.807) is 6.20 Å². The van der Waals surface area contributed by atoms with Crippen molar-refractivity contribution in [3.8, 4) is 11.6 Å². The Kier molecular flexibility index (Phi) is 12.5. The quantitative estimate of drug-likeness (QED) is 0.299. The lowest BCUT2D eigenvalue weighted by Crippen LogP contribution is -2.41. The number of hydrogen-bond acceptors (Lipinski definition) is 8. The first-order chi connectivity index (χ1) is 18.4. The highest BCUT2D eigenvalue weighted by atomic mass is 16.6. The fourth-order valence-corrected chi connectivity index (χ4v) is 3.95. The molecule has 0 unspecified atom stereocenters. The molecule has 1 aliphatic rings. The molecule has 0 atom stereocenters. The highest BCUT2D eigenvalue weighted by Gasteiger charge is 2.26. The first-order valence-corrected chi connectivity index (χ1v) is 13.7. The minimum absolute atomic E-state index is 0.111. The van der Waals surface area contributed by atoms with E-state index in [4.69, 9.17) is 9.47 Å². The van der Waals surface area contributed by atoms with Gasteiger partial charge in [-0.05, 0) is 72.3 Å². The molecule has 0 bridgehead atoms. The first-order valence-electron chi connectivity index (χ1n) is 13.7. The summed E-state index contributed by atoms with van der Waals surface area (Å²) in [5, 5.41) is 10.2. The van der Waals surface area contributed by atoms with Crippen molar-refractivity contribution < 1.29 is 28.9 Å². The summed E-state index contributed by atoms with van der Waals surface area (Å²) in [6.45, 7) is 13.5. The number of hydrogen-bond donors (Lipinski definition) is 1. The molecule has 3 rings (SSSR count). The van der Waals surface area contributed by atoms with E-state index in [9.17, 15) is 14.7 Å². The van der Waals surface area contributed by atoms with Crippen LogP contribution in [0.4, 0.5) is 4.79 Å². The van der Waals surface area contributed by atoms with Gasteiger partial charge in [0, 0.05) is 19.5 Å². The van der Waals surface area contributed by atoms with Gasteiger partial charge in [-0.15, -0.1) is 0 Å². The Morgan fingerprint density at radius 1 is 1.05 bits per heavy atom. The number of carbonyl (C=O) groups is 2. The number of benzene rings is 1. The second kappa shape index (κ2) is 15.3. The minimum Gasteiger partial charge on any atom is -0.491 e. The molecule has 1 N–H and O–H groups in total. The van der Waals surface area contributed by atoms with Crippen molar-refractivity contribution in [3.63, 3.8) is 0 Å². The zero-order chi connectivity index (χ0) is 28.9. The van der Waals surface area contributed by atoms with Crippen LogP contribution in [0.5, 0.6) is 11.6 Å². The Balaban J connectivity index is 0.000000673. The van der Waals surface area contributed by atoms with E-state index < -0.39 is 5.60 Å². The molecule has 0 aliphatic carbocycles. The number of rotatable bonds is 9. The molecule has 2 aromatic rings. The third-order valence-electron chi connectivity index (χ3n) is 5.95. The molecular formula is C30H45N3O6. The van der Waals surface area contributed by atoms with Gasteiger partial charge in [0.05, 0.1) is 6.20 Å². The van der Waals surface area contributed by atoms with Crippen LogP contribution in [0.25, 0.3) is 0 Å². The molecule has 9 heteroatoms. The molecule has 39 heavy (non-hydrogen) atoms. The van der Waals surface area contributed by atoms with Gasteiger partial charge in [-0.1, -0.05) is 43.2 Å². The molecule has 0 radical (unpaired) electrons. The van der Waals surface area contributed by atoms with Gasteiger partial charge in [0.1, 0.15) is 23.6 Å². The van der Waals surface area contributed by atoms with Gasteiger partial charge in [0.25, 0.3) is 12.4 Å². The summed E-state index contributed by atoms with van der Waals surface area (Å²) in [4.78, 5) is 32.1. The van der Waals surface area contributed by atoms with Crippen LogP contribution in [0.2, 0.25) is 0 Å². The normalized spacial score (nSPS) is 14.2. The minimum atomic E-state index is -0.448. The zero-order valence-corrected chi connectivity index (χ0v) is 24.3. The van der Waals surface area contributed by atoms with Crippen molar-refractivity contribution in [2.45, 2.75) is 97.9 Å². The second-order valence-corrected chi connectivity index (χ2v) is 11.7. The molecular weight excluding hydrogens is 498 g/mol. The van der Waals surface area contributed by atoms with E-state index in [0.29, 0.717) is 30.6 Å². The number of aryl methyl sites for hydroxylation is 1. The van der Waals surface area contributed by atoms with Crippen LogP contribution >= 0.6 is 0 Å². The molecule has 2 heterocycles. The molecule has 216 valence electrons. The Hall–Kier alpha value is -3.36. The van der Waals surface area contributed by atoms with Crippen molar-refractivity contribution in [3.05, 3.63) is 47.9 Å². The number of amides is 1. The fraction of sp³-hybridized carbons (Fsp3) is 0.600. The zero-order valence-electron chi connectivity index (χ0n) is 24.3. The van der Waals surface area contributed by atoms with Crippen LogP contribution in [0.1, 0.15) is 85.0 Å². The fourth-order valence-electron chi connectivity index (χ4n) is 3.95. The molecule has 1 amide bonds. The number of piperidine rings is 1. The van der Waals surface area contributed by atoms with Crippen molar-refractivity contribution in [1.82, 2.24) is 14.9 Å². The molecule has 1 fully saturated rings. The Morgan fingerprint density at radius 2 is 1.72 bits per heavy atom. The summed E-state index contributed by atoms with van der Waals surface area (Å²) in [6, 6.07) is 9.78. The summed E-state index contributed by atoms with van der Waals surface area (Å²) >= 11 is 0. The van der Waals surface area contributed by atoms with E-state index in [-0.39, 0.29) is 17.6 Å². The van der Waals surface area contributed by atoms with Crippen molar-refractivity contribution in [2.24, 2.45) is 5.92 Å². The molecule has 9 nitrogen and oxygen atoms in total. The number of likely N-dealkylation sites (tertiary alicyclic amines) is 1. The maximum Gasteiger partial charge on any atom is 0.410 e. The van der Waals surface area contributed by atoms with E-state index in [1.807, 2.05) is 76.8 Å². The summed E-state index contributed by atoms with van der Waals surface area (Å²) in [5.74, 6) is 1.46. The molecule has 1 aromatic carbocycles.